The smallest absolute Gasteiger partial charge is 0.000672 e. The molecule has 12 heavy (non-hydrogen) atoms. The second-order valence-corrected chi connectivity index (χ2v) is 4.82. The highest BCUT2D eigenvalue weighted by atomic mass is 15.1. The lowest BCUT2D eigenvalue weighted by Gasteiger charge is -2.34. The molecule has 0 spiro atoms. The predicted octanol–water partition coefficient (Wildman–Crippen LogP) is 2.52. The molecule has 70 valence electrons. The van der Waals surface area contributed by atoms with E-state index in [0.717, 1.165) is 11.8 Å². The van der Waals surface area contributed by atoms with Gasteiger partial charge in [-0.15, -0.1) is 0 Å². The molecule has 2 aliphatic heterocycles. The van der Waals surface area contributed by atoms with Gasteiger partial charge in [-0.2, -0.15) is 0 Å². The topological polar surface area (TPSA) is 3.24 Å². The van der Waals surface area contributed by atoms with Crippen LogP contribution in [-0.2, 0) is 0 Å². The van der Waals surface area contributed by atoms with E-state index in [1.807, 2.05) is 0 Å². The van der Waals surface area contributed by atoms with Gasteiger partial charge in [0.2, 0.25) is 0 Å². The Morgan fingerprint density at radius 3 is 1.67 bits per heavy atom. The van der Waals surface area contributed by atoms with Gasteiger partial charge in [0, 0.05) is 13.1 Å². The lowest BCUT2D eigenvalue weighted by molar-refractivity contribution is 0.155. The Hall–Kier alpha value is -0.0400. The Kier molecular flexibility index (Phi) is 2.69. The van der Waals surface area contributed by atoms with Crippen molar-refractivity contribution in [1.29, 1.82) is 0 Å². The minimum atomic E-state index is 1.02. The van der Waals surface area contributed by atoms with E-state index in [0.29, 0.717) is 0 Å². The summed E-state index contributed by atoms with van der Waals surface area (Å²) in [6, 6.07) is 0. The third-order valence-electron chi connectivity index (χ3n) is 3.59. The Bertz CT molecular complexity index is 120. The number of hydrogen-bond acceptors (Lipinski definition) is 1. The van der Waals surface area contributed by atoms with Crippen LogP contribution >= 0.6 is 0 Å². The summed E-state index contributed by atoms with van der Waals surface area (Å²) in [5, 5.41) is 0. The van der Waals surface area contributed by atoms with Crippen molar-refractivity contribution in [2.75, 3.05) is 20.1 Å². The molecule has 3 rings (SSSR count). The van der Waals surface area contributed by atoms with E-state index >= 15 is 0 Å². The van der Waals surface area contributed by atoms with Crippen molar-refractivity contribution >= 4 is 0 Å². The molecule has 1 saturated carbocycles. The van der Waals surface area contributed by atoms with Crippen molar-refractivity contribution in [1.82, 2.24) is 4.90 Å². The third-order valence-corrected chi connectivity index (χ3v) is 3.59. The van der Waals surface area contributed by atoms with E-state index in [9.17, 15) is 0 Å². The molecule has 2 bridgehead atoms. The number of fused-ring (bicyclic) bond motifs is 6. The summed E-state index contributed by atoms with van der Waals surface area (Å²) in [5.74, 6) is 2.05. The second-order valence-electron chi connectivity index (χ2n) is 4.82. The van der Waals surface area contributed by atoms with Crippen LogP contribution in [0.1, 0.15) is 38.5 Å². The van der Waals surface area contributed by atoms with Gasteiger partial charge in [-0.25, -0.2) is 0 Å². The molecule has 0 unspecified atom stereocenters. The fourth-order valence-corrected chi connectivity index (χ4v) is 3.00. The van der Waals surface area contributed by atoms with Gasteiger partial charge >= 0.3 is 0 Å². The summed E-state index contributed by atoms with van der Waals surface area (Å²) in [4.78, 5) is 2.56. The number of nitrogens with zero attached hydrogens (tertiary/aromatic N) is 1. The fraction of sp³-hybridized carbons (Fsp3) is 1.00. The molecule has 0 aromatic rings. The SMILES string of the molecule is CN1CC2CCCC(CCC2)C1. The van der Waals surface area contributed by atoms with Crippen LogP contribution in [0.3, 0.4) is 0 Å². The highest BCUT2D eigenvalue weighted by Crippen LogP contribution is 2.29. The molecule has 0 amide bonds. The van der Waals surface area contributed by atoms with Crippen molar-refractivity contribution in [3.05, 3.63) is 0 Å². The van der Waals surface area contributed by atoms with Crippen LogP contribution in [0, 0.1) is 11.8 Å². The average molecular weight is 167 g/mol. The summed E-state index contributed by atoms with van der Waals surface area (Å²) in [6.07, 6.45) is 9.01. The van der Waals surface area contributed by atoms with Crippen LogP contribution in [0.15, 0.2) is 0 Å². The molecule has 3 aliphatic rings. The van der Waals surface area contributed by atoms with Gasteiger partial charge in [0.05, 0.1) is 0 Å². The lowest BCUT2D eigenvalue weighted by Crippen LogP contribution is -2.34. The van der Waals surface area contributed by atoms with Crippen LogP contribution in [0.5, 0.6) is 0 Å². The van der Waals surface area contributed by atoms with E-state index in [-0.39, 0.29) is 0 Å². The van der Waals surface area contributed by atoms with Crippen LogP contribution in [0.2, 0.25) is 0 Å². The molecule has 1 nitrogen and oxygen atoms in total. The zero-order valence-corrected chi connectivity index (χ0v) is 8.26. The first kappa shape index (κ1) is 8.55. The molecule has 1 heteroatoms. The third kappa shape index (κ3) is 2.01. The van der Waals surface area contributed by atoms with Crippen molar-refractivity contribution in [3.63, 3.8) is 0 Å². The van der Waals surface area contributed by atoms with Gasteiger partial charge < -0.3 is 4.90 Å². The Labute approximate surface area is 76.1 Å². The maximum atomic E-state index is 2.56. The van der Waals surface area contributed by atoms with Crippen molar-refractivity contribution in [2.24, 2.45) is 11.8 Å². The second kappa shape index (κ2) is 3.78. The van der Waals surface area contributed by atoms with Gasteiger partial charge in [-0.05, 0) is 44.6 Å². The molecule has 0 aromatic heterocycles. The van der Waals surface area contributed by atoms with Crippen molar-refractivity contribution < 1.29 is 0 Å². The molecule has 2 saturated heterocycles. The Balaban J connectivity index is 2.01. The first-order valence-electron chi connectivity index (χ1n) is 5.53. The summed E-state index contributed by atoms with van der Waals surface area (Å²) in [7, 11) is 2.30. The molecule has 3 fully saturated rings. The highest BCUT2D eigenvalue weighted by molar-refractivity contribution is 4.76. The predicted molar refractivity (Wildman–Crippen MR) is 52.2 cm³/mol. The zero-order chi connectivity index (χ0) is 8.39. The number of hydrogen-bond donors (Lipinski definition) is 0. The van der Waals surface area contributed by atoms with Crippen LogP contribution in [0.25, 0.3) is 0 Å². The molecule has 2 heterocycles. The van der Waals surface area contributed by atoms with Gasteiger partial charge in [-0.3, -0.25) is 0 Å². The summed E-state index contributed by atoms with van der Waals surface area (Å²) in [5.41, 5.74) is 0. The lowest BCUT2D eigenvalue weighted by atomic mass is 9.83. The van der Waals surface area contributed by atoms with Gasteiger partial charge in [0.25, 0.3) is 0 Å². The first-order valence-corrected chi connectivity index (χ1v) is 5.53. The number of rotatable bonds is 0. The summed E-state index contributed by atoms with van der Waals surface area (Å²) >= 11 is 0. The minimum absolute atomic E-state index is 1.02. The van der Waals surface area contributed by atoms with E-state index in [1.165, 1.54) is 51.6 Å². The summed E-state index contributed by atoms with van der Waals surface area (Å²) in [6.45, 7) is 2.74. The molecule has 0 radical (unpaired) electrons. The van der Waals surface area contributed by atoms with Crippen molar-refractivity contribution in [2.45, 2.75) is 38.5 Å². The summed E-state index contributed by atoms with van der Waals surface area (Å²) < 4.78 is 0. The van der Waals surface area contributed by atoms with Crippen LogP contribution in [0.4, 0.5) is 0 Å². The molecule has 0 aromatic carbocycles. The zero-order valence-electron chi connectivity index (χ0n) is 8.26. The Morgan fingerprint density at radius 2 is 1.25 bits per heavy atom. The van der Waals surface area contributed by atoms with E-state index < -0.39 is 0 Å². The van der Waals surface area contributed by atoms with Gasteiger partial charge in [0.1, 0.15) is 0 Å². The molecule has 0 N–H and O–H groups in total. The van der Waals surface area contributed by atoms with Gasteiger partial charge in [0.15, 0.2) is 0 Å². The van der Waals surface area contributed by atoms with Crippen LogP contribution in [-0.4, -0.2) is 25.0 Å². The molecule has 1 aliphatic carbocycles. The first-order chi connectivity index (χ1) is 5.84. The van der Waals surface area contributed by atoms with Crippen molar-refractivity contribution in [3.8, 4) is 0 Å². The van der Waals surface area contributed by atoms with Gasteiger partial charge in [-0.1, -0.05) is 12.8 Å². The quantitative estimate of drug-likeness (QED) is 0.536. The maximum Gasteiger partial charge on any atom is 0.000672 e. The highest BCUT2D eigenvalue weighted by Gasteiger charge is 2.22. The monoisotopic (exact) mass is 167 g/mol. The van der Waals surface area contributed by atoms with Crippen LogP contribution < -0.4 is 0 Å². The van der Waals surface area contributed by atoms with E-state index in [1.54, 1.807) is 0 Å². The van der Waals surface area contributed by atoms with E-state index in [4.69, 9.17) is 0 Å². The molecular weight excluding hydrogens is 146 g/mol. The largest absolute Gasteiger partial charge is 0.306 e. The maximum absolute atomic E-state index is 2.56. The average Bonchev–Trinajstić information content (AvgIpc) is 1.91. The fourth-order valence-electron chi connectivity index (χ4n) is 3.00. The minimum Gasteiger partial charge on any atom is -0.306 e. The Morgan fingerprint density at radius 1 is 0.833 bits per heavy atom. The van der Waals surface area contributed by atoms with E-state index in [2.05, 4.69) is 11.9 Å². The molecule has 0 atom stereocenters. The standard InChI is InChI=1S/C11H21N/c1-12-8-10-4-2-5-11(9-12)7-3-6-10/h10-11H,2-9H2,1H3. The normalized spacial score (nSPS) is 38.8. The molecular formula is C11H21N.